The summed E-state index contributed by atoms with van der Waals surface area (Å²) in [5.74, 6) is 0.922. The predicted octanol–water partition coefficient (Wildman–Crippen LogP) is 3.41. The molecule has 0 aliphatic rings. The Morgan fingerprint density at radius 3 is 2.71 bits per heavy atom. The summed E-state index contributed by atoms with van der Waals surface area (Å²) in [6.45, 7) is 3.08. The Hall–Kier alpha value is -2.23. The molecule has 0 saturated heterocycles. The molecule has 2 heterocycles. The van der Waals surface area contributed by atoms with Gasteiger partial charge in [0, 0.05) is 13.0 Å². The second-order valence-electron chi connectivity index (χ2n) is 5.27. The zero-order valence-corrected chi connectivity index (χ0v) is 12.4. The molecule has 21 heavy (non-hydrogen) atoms. The molecule has 0 fully saturated rings. The van der Waals surface area contributed by atoms with E-state index in [2.05, 4.69) is 50.7 Å². The molecule has 4 nitrogen and oxygen atoms in total. The lowest BCUT2D eigenvalue weighted by atomic mass is 10.1. The predicted molar refractivity (Wildman–Crippen MR) is 84.1 cm³/mol. The van der Waals surface area contributed by atoms with Gasteiger partial charge in [-0.15, -0.1) is 0 Å². The fraction of sp³-hybridized carbons (Fsp3) is 0.353. The first-order valence-corrected chi connectivity index (χ1v) is 7.57. The normalized spacial score (nSPS) is 11.1. The number of nitrogens with zero attached hydrogens (tertiary/aromatic N) is 4. The fourth-order valence-corrected chi connectivity index (χ4v) is 2.40. The highest BCUT2D eigenvalue weighted by atomic mass is 15.1. The largest absolute Gasteiger partial charge is 0.315 e. The lowest BCUT2D eigenvalue weighted by molar-refractivity contribution is 0.702. The Morgan fingerprint density at radius 1 is 1.05 bits per heavy atom. The number of hydrogen-bond donors (Lipinski definition) is 0. The summed E-state index contributed by atoms with van der Waals surface area (Å²) < 4.78 is 2.12. The molecule has 0 amide bonds. The van der Waals surface area contributed by atoms with E-state index in [-0.39, 0.29) is 0 Å². The summed E-state index contributed by atoms with van der Waals surface area (Å²) in [6, 6.07) is 10.5. The minimum absolute atomic E-state index is 0.878. The first-order chi connectivity index (χ1) is 10.4. The summed E-state index contributed by atoms with van der Waals surface area (Å²) in [4.78, 5) is 13.5. The molecule has 0 N–H and O–H groups in total. The van der Waals surface area contributed by atoms with Crippen LogP contribution in [0.3, 0.4) is 0 Å². The van der Waals surface area contributed by atoms with E-state index in [1.165, 1.54) is 5.56 Å². The van der Waals surface area contributed by atoms with E-state index in [0.717, 1.165) is 49.2 Å². The van der Waals surface area contributed by atoms with Crippen molar-refractivity contribution in [3.05, 3.63) is 54.2 Å². The summed E-state index contributed by atoms with van der Waals surface area (Å²) in [5, 5.41) is 0. The van der Waals surface area contributed by atoms with E-state index >= 15 is 0 Å². The maximum Gasteiger partial charge on any atom is 0.163 e. The van der Waals surface area contributed by atoms with Gasteiger partial charge in [-0.3, -0.25) is 0 Å². The van der Waals surface area contributed by atoms with Crippen molar-refractivity contribution in [2.24, 2.45) is 0 Å². The van der Waals surface area contributed by atoms with Crippen molar-refractivity contribution >= 4 is 11.2 Å². The number of rotatable bonds is 6. The first-order valence-electron chi connectivity index (χ1n) is 7.57. The van der Waals surface area contributed by atoms with Crippen molar-refractivity contribution in [2.45, 2.75) is 39.2 Å². The molecule has 108 valence electrons. The smallest absolute Gasteiger partial charge is 0.163 e. The number of aromatic nitrogens is 4. The van der Waals surface area contributed by atoms with E-state index in [4.69, 9.17) is 0 Å². The van der Waals surface area contributed by atoms with Gasteiger partial charge >= 0.3 is 0 Å². The Kier molecular flexibility index (Phi) is 4.24. The van der Waals surface area contributed by atoms with Crippen LogP contribution in [0.15, 0.2) is 42.9 Å². The maximum absolute atomic E-state index is 4.67. The van der Waals surface area contributed by atoms with Gasteiger partial charge in [0.25, 0.3) is 0 Å². The Balaban J connectivity index is 1.78. The summed E-state index contributed by atoms with van der Waals surface area (Å²) in [6.07, 6.45) is 7.92. The second kappa shape index (κ2) is 6.48. The third-order valence-corrected chi connectivity index (χ3v) is 3.65. The quantitative estimate of drug-likeness (QED) is 0.695. The van der Waals surface area contributed by atoms with Crippen molar-refractivity contribution < 1.29 is 0 Å². The van der Waals surface area contributed by atoms with Gasteiger partial charge in [-0.2, -0.15) is 0 Å². The van der Waals surface area contributed by atoms with E-state index in [1.807, 2.05) is 18.6 Å². The minimum Gasteiger partial charge on any atom is -0.315 e. The van der Waals surface area contributed by atoms with Gasteiger partial charge in [0.15, 0.2) is 5.65 Å². The van der Waals surface area contributed by atoms with Gasteiger partial charge < -0.3 is 4.57 Å². The van der Waals surface area contributed by atoms with Gasteiger partial charge in [0.1, 0.15) is 11.3 Å². The van der Waals surface area contributed by atoms with E-state index < -0.39 is 0 Å². The number of benzene rings is 1. The van der Waals surface area contributed by atoms with Gasteiger partial charge in [-0.25, -0.2) is 15.0 Å². The summed E-state index contributed by atoms with van der Waals surface area (Å²) in [5.41, 5.74) is 3.16. The van der Waals surface area contributed by atoms with Crippen LogP contribution in [-0.2, 0) is 19.4 Å². The highest BCUT2D eigenvalue weighted by molar-refractivity contribution is 5.69. The maximum atomic E-state index is 4.67. The van der Waals surface area contributed by atoms with Crippen LogP contribution in [0.25, 0.3) is 11.2 Å². The van der Waals surface area contributed by atoms with E-state index in [1.54, 1.807) is 0 Å². The molecule has 2 aromatic heterocycles. The van der Waals surface area contributed by atoms with Crippen LogP contribution < -0.4 is 0 Å². The van der Waals surface area contributed by atoms with Gasteiger partial charge in [-0.05, 0) is 18.4 Å². The third-order valence-electron chi connectivity index (χ3n) is 3.65. The average Bonchev–Trinajstić information content (AvgIpc) is 2.94. The van der Waals surface area contributed by atoms with Crippen molar-refractivity contribution in [2.75, 3.05) is 0 Å². The lowest BCUT2D eigenvalue weighted by Gasteiger charge is -2.05. The second-order valence-corrected chi connectivity index (χ2v) is 5.27. The molecule has 3 rings (SSSR count). The Labute approximate surface area is 124 Å². The molecule has 1 aromatic carbocycles. The Bertz CT molecular complexity index is 703. The number of fused-ring (bicyclic) bond motifs is 1. The molecular weight excluding hydrogens is 260 g/mol. The zero-order valence-electron chi connectivity index (χ0n) is 12.4. The number of aryl methyl sites for hydroxylation is 3. The number of unbranched alkanes of at least 4 members (excludes halogenated alkanes) is 1. The monoisotopic (exact) mass is 280 g/mol. The molecule has 0 atom stereocenters. The van der Waals surface area contributed by atoms with Crippen LogP contribution in [0.1, 0.15) is 31.2 Å². The van der Waals surface area contributed by atoms with Crippen LogP contribution in [0.2, 0.25) is 0 Å². The molecule has 0 radical (unpaired) electrons. The SMILES string of the molecule is CCCCc1ncc2ncn(CCc3ccccc3)c2n1. The topological polar surface area (TPSA) is 43.6 Å². The standard InChI is InChI=1S/C17H20N4/c1-2-3-9-16-18-12-15-17(20-16)21(13-19-15)11-10-14-7-5-4-6-8-14/h4-8,12-13H,2-3,9-11H2,1H3. The molecule has 3 aromatic rings. The van der Waals surface area contributed by atoms with Crippen molar-refractivity contribution in [3.63, 3.8) is 0 Å². The van der Waals surface area contributed by atoms with Crippen molar-refractivity contribution in [1.82, 2.24) is 19.5 Å². The number of hydrogen-bond acceptors (Lipinski definition) is 3. The highest BCUT2D eigenvalue weighted by Crippen LogP contribution is 2.12. The molecular formula is C17H20N4. The van der Waals surface area contributed by atoms with Crippen LogP contribution in [-0.4, -0.2) is 19.5 Å². The summed E-state index contributed by atoms with van der Waals surface area (Å²) in [7, 11) is 0. The van der Waals surface area contributed by atoms with Crippen molar-refractivity contribution in [1.29, 1.82) is 0 Å². The van der Waals surface area contributed by atoms with E-state index in [9.17, 15) is 0 Å². The first kappa shape index (κ1) is 13.7. The summed E-state index contributed by atoms with van der Waals surface area (Å²) >= 11 is 0. The molecule has 4 heteroatoms. The van der Waals surface area contributed by atoms with Crippen LogP contribution in [0, 0.1) is 0 Å². The van der Waals surface area contributed by atoms with Gasteiger partial charge in [-0.1, -0.05) is 43.7 Å². The minimum atomic E-state index is 0.878. The average molecular weight is 280 g/mol. The zero-order chi connectivity index (χ0) is 14.5. The van der Waals surface area contributed by atoms with Gasteiger partial charge in [0.2, 0.25) is 0 Å². The third kappa shape index (κ3) is 3.27. The number of imidazole rings is 1. The van der Waals surface area contributed by atoms with Crippen molar-refractivity contribution in [3.8, 4) is 0 Å². The van der Waals surface area contributed by atoms with Crippen LogP contribution >= 0.6 is 0 Å². The van der Waals surface area contributed by atoms with Crippen LogP contribution in [0.4, 0.5) is 0 Å². The molecule has 0 saturated carbocycles. The molecule has 0 unspecified atom stereocenters. The fourth-order valence-electron chi connectivity index (χ4n) is 2.40. The lowest BCUT2D eigenvalue weighted by Crippen LogP contribution is -2.03. The Morgan fingerprint density at radius 2 is 1.90 bits per heavy atom. The van der Waals surface area contributed by atoms with Crippen LogP contribution in [0.5, 0.6) is 0 Å². The molecule has 0 aliphatic heterocycles. The molecule has 0 spiro atoms. The van der Waals surface area contributed by atoms with E-state index in [0.29, 0.717) is 0 Å². The molecule has 0 aliphatic carbocycles. The van der Waals surface area contributed by atoms with Gasteiger partial charge in [0.05, 0.1) is 12.5 Å². The molecule has 0 bridgehead atoms. The highest BCUT2D eigenvalue weighted by Gasteiger charge is 2.06.